The zero-order valence-corrected chi connectivity index (χ0v) is 15.6. The number of amides is 1. The lowest BCUT2D eigenvalue weighted by atomic mass is 10.2. The normalized spacial score (nSPS) is 11.0. The molecule has 5 aromatic rings. The number of hydrogen-bond donors (Lipinski definition) is 3. The highest BCUT2D eigenvalue weighted by atomic mass is 16.5. The Labute approximate surface area is 167 Å². The SMILES string of the molecule is O=C(Nc1ccc2[nH]ccc2c1)c1cc2ccc(OCc3ccccc3)cc2[nH]1. The van der Waals surface area contributed by atoms with Crippen molar-refractivity contribution in [3.63, 3.8) is 0 Å². The van der Waals surface area contributed by atoms with Crippen molar-refractivity contribution >= 4 is 33.4 Å². The maximum atomic E-state index is 12.7. The van der Waals surface area contributed by atoms with E-state index >= 15 is 0 Å². The summed E-state index contributed by atoms with van der Waals surface area (Å²) >= 11 is 0. The van der Waals surface area contributed by atoms with Gasteiger partial charge in [0.25, 0.3) is 5.91 Å². The van der Waals surface area contributed by atoms with E-state index in [1.165, 1.54) is 0 Å². The Morgan fingerprint density at radius 1 is 0.862 bits per heavy atom. The van der Waals surface area contributed by atoms with Crippen molar-refractivity contribution in [2.75, 3.05) is 5.32 Å². The third-order valence-electron chi connectivity index (χ3n) is 4.90. The first kappa shape index (κ1) is 17.1. The summed E-state index contributed by atoms with van der Waals surface area (Å²) in [4.78, 5) is 19.0. The predicted molar refractivity (Wildman–Crippen MR) is 115 cm³/mol. The second-order valence-corrected chi connectivity index (χ2v) is 6.94. The van der Waals surface area contributed by atoms with Crippen LogP contribution in [0.15, 0.2) is 85.1 Å². The number of benzene rings is 3. The summed E-state index contributed by atoms with van der Waals surface area (Å²) in [5.74, 6) is 0.580. The van der Waals surface area contributed by atoms with E-state index in [1.54, 1.807) is 0 Å². The van der Waals surface area contributed by atoms with Gasteiger partial charge in [0.15, 0.2) is 0 Å². The molecule has 0 aliphatic carbocycles. The third-order valence-corrected chi connectivity index (χ3v) is 4.90. The van der Waals surface area contributed by atoms with Crippen molar-refractivity contribution in [2.45, 2.75) is 6.61 Å². The van der Waals surface area contributed by atoms with Crippen molar-refractivity contribution in [1.82, 2.24) is 9.97 Å². The van der Waals surface area contributed by atoms with Crippen molar-refractivity contribution in [1.29, 1.82) is 0 Å². The molecular formula is C24H19N3O2. The summed E-state index contributed by atoms with van der Waals surface area (Å²) in [6.45, 7) is 0.502. The molecule has 0 spiro atoms. The standard InChI is InChI=1S/C24H19N3O2/c28-24(26-19-7-9-21-18(12-19)10-11-25-21)23-13-17-6-8-20(14-22(17)27-23)29-15-16-4-2-1-3-5-16/h1-14,25,27H,15H2,(H,26,28). The predicted octanol–water partition coefficient (Wildman–Crippen LogP) is 5.48. The fourth-order valence-corrected chi connectivity index (χ4v) is 3.39. The van der Waals surface area contributed by atoms with Crippen LogP contribution in [0.4, 0.5) is 5.69 Å². The van der Waals surface area contributed by atoms with Crippen LogP contribution in [0.3, 0.4) is 0 Å². The number of rotatable bonds is 5. The molecule has 0 saturated heterocycles. The summed E-state index contributed by atoms with van der Waals surface area (Å²) in [5, 5.41) is 4.96. The van der Waals surface area contributed by atoms with Gasteiger partial charge >= 0.3 is 0 Å². The molecule has 0 atom stereocenters. The number of aromatic nitrogens is 2. The number of carbonyl (C=O) groups is 1. The lowest BCUT2D eigenvalue weighted by molar-refractivity contribution is 0.102. The quantitative estimate of drug-likeness (QED) is 0.377. The minimum atomic E-state index is -0.178. The van der Waals surface area contributed by atoms with Gasteiger partial charge in [-0.25, -0.2) is 0 Å². The summed E-state index contributed by atoms with van der Waals surface area (Å²) < 4.78 is 5.88. The van der Waals surface area contributed by atoms with Crippen LogP contribution >= 0.6 is 0 Å². The fourth-order valence-electron chi connectivity index (χ4n) is 3.39. The molecular weight excluding hydrogens is 362 g/mol. The molecule has 3 N–H and O–H groups in total. The zero-order chi connectivity index (χ0) is 19.6. The molecule has 0 radical (unpaired) electrons. The van der Waals surface area contributed by atoms with Crippen LogP contribution in [0.25, 0.3) is 21.8 Å². The van der Waals surface area contributed by atoms with Gasteiger partial charge < -0.3 is 20.0 Å². The van der Waals surface area contributed by atoms with Crippen LogP contribution in [-0.4, -0.2) is 15.9 Å². The van der Waals surface area contributed by atoms with Gasteiger partial charge in [0.2, 0.25) is 0 Å². The minimum absolute atomic E-state index is 0.178. The average Bonchev–Trinajstić information content (AvgIpc) is 3.39. The van der Waals surface area contributed by atoms with Gasteiger partial charge in [-0.05, 0) is 48.0 Å². The van der Waals surface area contributed by atoms with E-state index in [2.05, 4.69) is 15.3 Å². The van der Waals surface area contributed by atoms with Crippen LogP contribution in [0.5, 0.6) is 5.75 Å². The van der Waals surface area contributed by atoms with Gasteiger partial charge in [0.05, 0.1) is 0 Å². The van der Waals surface area contributed by atoms with Crippen LogP contribution in [0, 0.1) is 0 Å². The second-order valence-electron chi connectivity index (χ2n) is 6.94. The molecule has 0 aliphatic rings. The number of ether oxygens (including phenoxy) is 1. The first-order chi connectivity index (χ1) is 14.2. The number of carbonyl (C=O) groups excluding carboxylic acids is 1. The van der Waals surface area contributed by atoms with Crippen LogP contribution in [0.1, 0.15) is 16.1 Å². The van der Waals surface area contributed by atoms with Crippen LogP contribution < -0.4 is 10.1 Å². The van der Waals surface area contributed by atoms with E-state index in [1.807, 2.05) is 85.1 Å². The molecule has 5 rings (SSSR count). The monoisotopic (exact) mass is 381 g/mol. The number of hydrogen-bond acceptors (Lipinski definition) is 2. The highest BCUT2D eigenvalue weighted by Gasteiger charge is 2.11. The highest BCUT2D eigenvalue weighted by molar-refractivity contribution is 6.06. The molecule has 2 aromatic heterocycles. The van der Waals surface area contributed by atoms with Crippen LogP contribution in [-0.2, 0) is 6.61 Å². The van der Waals surface area contributed by atoms with E-state index in [4.69, 9.17) is 4.74 Å². The zero-order valence-electron chi connectivity index (χ0n) is 15.6. The summed E-state index contributed by atoms with van der Waals surface area (Å²) in [7, 11) is 0. The van der Waals surface area contributed by atoms with E-state index in [0.717, 1.165) is 38.8 Å². The van der Waals surface area contributed by atoms with E-state index in [9.17, 15) is 4.79 Å². The molecule has 0 fully saturated rings. The van der Waals surface area contributed by atoms with E-state index in [-0.39, 0.29) is 5.91 Å². The lowest BCUT2D eigenvalue weighted by Crippen LogP contribution is -2.12. The first-order valence-corrected chi connectivity index (χ1v) is 9.43. The molecule has 0 saturated carbocycles. The van der Waals surface area contributed by atoms with Gasteiger partial charge in [-0.2, -0.15) is 0 Å². The molecule has 0 aliphatic heterocycles. The maximum absolute atomic E-state index is 12.7. The Morgan fingerprint density at radius 3 is 2.62 bits per heavy atom. The molecule has 29 heavy (non-hydrogen) atoms. The minimum Gasteiger partial charge on any atom is -0.489 e. The topological polar surface area (TPSA) is 69.9 Å². The molecule has 5 heteroatoms. The maximum Gasteiger partial charge on any atom is 0.272 e. The number of aromatic amines is 2. The molecule has 0 unspecified atom stereocenters. The molecule has 2 heterocycles. The van der Waals surface area contributed by atoms with Crippen molar-refractivity contribution in [3.05, 3.63) is 96.3 Å². The van der Waals surface area contributed by atoms with Gasteiger partial charge in [-0.1, -0.05) is 30.3 Å². The largest absolute Gasteiger partial charge is 0.489 e. The average molecular weight is 381 g/mol. The summed E-state index contributed by atoms with van der Waals surface area (Å²) in [6.07, 6.45) is 1.88. The Hall–Kier alpha value is -3.99. The third kappa shape index (κ3) is 3.58. The van der Waals surface area contributed by atoms with Gasteiger partial charge in [0, 0.05) is 39.8 Å². The molecule has 3 aromatic carbocycles. The summed E-state index contributed by atoms with van der Waals surface area (Å²) in [5.41, 5.74) is 4.28. The summed E-state index contributed by atoms with van der Waals surface area (Å²) in [6, 6.07) is 25.4. The molecule has 1 amide bonds. The van der Waals surface area contributed by atoms with E-state index < -0.39 is 0 Å². The Kier molecular flexibility index (Phi) is 4.26. The van der Waals surface area contributed by atoms with Crippen LogP contribution in [0.2, 0.25) is 0 Å². The van der Waals surface area contributed by atoms with Crippen molar-refractivity contribution in [3.8, 4) is 5.75 Å². The van der Waals surface area contributed by atoms with E-state index in [0.29, 0.717) is 12.3 Å². The van der Waals surface area contributed by atoms with Crippen molar-refractivity contribution in [2.24, 2.45) is 0 Å². The molecule has 142 valence electrons. The number of H-pyrrole nitrogens is 2. The number of anilines is 1. The molecule has 0 bridgehead atoms. The Bertz CT molecular complexity index is 1300. The number of fused-ring (bicyclic) bond motifs is 2. The second kappa shape index (κ2) is 7.20. The van der Waals surface area contributed by atoms with Crippen molar-refractivity contribution < 1.29 is 9.53 Å². The van der Waals surface area contributed by atoms with Gasteiger partial charge in [-0.15, -0.1) is 0 Å². The first-order valence-electron chi connectivity index (χ1n) is 9.43. The Morgan fingerprint density at radius 2 is 1.72 bits per heavy atom. The Balaban J connectivity index is 1.32. The molecule has 5 nitrogen and oxygen atoms in total. The van der Waals surface area contributed by atoms with Gasteiger partial charge in [0.1, 0.15) is 18.1 Å². The number of nitrogens with one attached hydrogen (secondary N) is 3. The smallest absolute Gasteiger partial charge is 0.272 e. The van der Waals surface area contributed by atoms with Gasteiger partial charge in [-0.3, -0.25) is 4.79 Å². The lowest BCUT2D eigenvalue weighted by Gasteiger charge is -2.06. The highest BCUT2D eigenvalue weighted by Crippen LogP contribution is 2.23. The fraction of sp³-hybridized carbons (Fsp3) is 0.0417.